The topological polar surface area (TPSA) is 63.2 Å². The molecule has 0 spiro atoms. The van der Waals surface area contributed by atoms with E-state index >= 15 is 0 Å². The van der Waals surface area contributed by atoms with E-state index in [-0.39, 0.29) is 6.04 Å². The summed E-state index contributed by atoms with van der Waals surface area (Å²) in [4.78, 5) is 4.82. The second-order valence-corrected chi connectivity index (χ2v) is 8.03. The van der Waals surface area contributed by atoms with E-state index in [0.29, 0.717) is 6.54 Å². The van der Waals surface area contributed by atoms with Crippen LogP contribution in [0.2, 0.25) is 5.02 Å². The largest absolute Gasteiger partial charge is 0.467 e. The quantitative estimate of drug-likeness (QED) is 0.459. The highest BCUT2D eigenvalue weighted by molar-refractivity contribution is 6.30. The molecule has 8 heteroatoms. The van der Waals surface area contributed by atoms with Gasteiger partial charge in [0.2, 0.25) is 0 Å². The molecule has 2 aromatic carbocycles. The summed E-state index contributed by atoms with van der Waals surface area (Å²) in [5.41, 5.74) is 2.33. The number of halogens is 1. The standard InChI is InChI=1S/C23H23ClN6O/c24-19-8-4-9-20(16-19)28-11-13-29(14-12-28)22(18-6-2-1-3-7-18)23-25-26-27-30(23)17-21-10-5-15-31-21/h1-10,15-16,22H,11-14,17H2. The molecule has 1 saturated heterocycles. The van der Waals surface area contributed by atoms with Gasteiger partial charge in [0, 0.05) is 36.9 Å². The lowest BCUT2D eigenvalue weighted by Crippen LogP contribution is -2.48. The summed E-state index contributed by atoms with van der Waals surface area (Å²) in [5, 5.41) is 13.4. The Balaban J connectivity index is 1.41. The Bertz CT molecular complexity index is 1110. The molecule has 1 atom stereocenters. The third kappa shape index (κ3) is 4.33. The van der Waals surface area contributed by atoms with E-state index in [1.165, 1.54) is 5.56 Å². The summed E-state index contributed by atoms with van der Waals surface area (Å²) in [6, 6.07) is 22.3. The molecule has 5 rings (SSSR count). The van der Waals surface area contributed by atoms with E-state index in [9.17, 15) is 0 Å². The van der Waals surface area contributed by atoms with Crippen molar-refractivity contribution in [3.05, 3.63) is 95.2 Å². The fourth-order valence-electron chi connectivity index (χ4n) is 4.14. The lowest BCUT2D eigenvalue weighted by molar-refractivity contribution is 0.201. The van der Waals surface area contributed by atoms with E-state index < -0.39 is 0 Å². The Morgan fingerprint density at radius 2 is 1.77 bits per heavy atom. The molecular formula is C23H23ClN6O. The Labute approximate surface area is 185 Å². The number of piperazine rings is 1. The third-order valence-electron chi connectivity index (χ3n) is 5.66. The van der Waals surface area contributed by atoms with Crippen molar-refractivity contribution in [2.75, 3.05) is 31.1 Å². The zero-order valence-electron chi connectivity index (χ0n) is 17.0. The first-order chi connectivity index (χ1) is 15.3. The minimum Gasteiger partial charge on any atom is -0.467 e. The molecule has 4 aromatic rings. The van der Waals surface area contributed by atoms with Gasteiger partial charge >= 0.3 is 0 Å². The van der Waals surface area contributed by atoms with Crippen LogP contribution < -0.4 is 4.90 Å². The van der Waals surface area contributed by atoms with Gasteiger partial charge in [-0.3, -0.25) is 4.90 Å². The van der Waals surface area contributed by atoms with Crippen LogP contribution in [-0.4, -0.2) is 51.3 Å². The van der Waals surface area contributed by atoms with Gasteiger partial charge in [0.15, 0.2) is 5.82 Å². The number of nitrogens with zero attached hydrogens (tertiary/aromatic N) is 6. The Hall–Kier alpha value is -3.16. The molecule has 0 radical (unpaired) electrons. The number of anilines is 1. The predicted molar refractivity (Wildman–Crippen MR) is 119 cm³/mol. The van der Waals surface area contributed by atoms with Crippen LogP contribution >= 0.6 is 11.6 Å². The summed E-state index contributed by atoms with van der Waals surface area (Å²) in [5.74, 6) is 1.64. The monoisotopic (exact) mass is 434 g/mol. The van der Waals surface area contributed by atoms with E-state index in [0.717, 1.165) is 48.5 Å². The zero-order chi connectivity index (χ0) is 21.0. The van der Waals surface area contributed by atoms with Crippen molar-refractivity contribution in [1.29, 1.82) is 0 Å². The number of hydrogen-bond donors (Lipinski definition) is 0. The van der Waals surface area contributed by atoms with Gasteiger partial charge < -0.3 is 9.32 Å². The second-order valence-electron chi connectivity index (χ2n) is 7.59. The predicted octanol–water partition coefficient (Wildman–Crippen LogP) is 3.88. The van der Waals surface area contributed by atoms with Gasteiger partial charge in [-0.05, 0) is 46.3 Å². The maximum absolute atomic E-state index is 6.20. The van der Waals surface area contributed by atoms with Crippen LogP contribution in [0.1, 0.15) is 23.2 Å². The van der Waals surface area contributed by atoms with Gasteiger partial charge in [-0.2, -0.15) is 0 Å². The van der Waals surface area contributed by atoms with Crippen LogP contribution in [0.5, 0.6) is 0 Å². The molecule has 0 saturated carbocycles. The molecule has 1 fully saturated rings. The molecule has 0 aliphatic carbocycles. The van der Waals surface area contributed by atoms with E-state index in [4.69, 9.17) is 16.0 Å². The number of furan rings is 1. The van der Waals surface area contributed by atoms with Crippen molar-refractivity contribution >= 4 is 17.3 Å². The highest BCUT2D eigenvalue weighted by Crippen LogP contribution is 2.29. The van der Waals surface area contributed by atoms with E-state index in [2.05, 4.69) is 55.7 Å². The van der Waals surface area contributed by atoms with Crippen molar-refractivity contribution in [2.45, 2.75) is 12.6 Å². The number of rotatable bonds is 6. The molecule has 2 aromatic heterocycles. The first-order valence-corrected chi connectivity index (χ1v) is 10.7. The van der Waals surface area contributed by atoms with Crippen LogP contribution in [0, 0.1) is 0 Å². The fourth-order valence-corrected chi connectivity index (χ4v) is 4.32. The molecule has 0 N–H and O–H groups in total. The molecule has 0 amide bonds. The minimum atomic E-state index is -0.0346. The third-order valence-corrected chi connectivity index (χ3v) is 5.89. The Morgan fingerprint density at radius 3 is 2.52 bits per heavy atom. The Morgan fingerprint density at radius 1 is 0.935 bits per heavy atom. The van der Waals surface area contributed by atoms with Crippen molar-refractivity contribution in [3.63, 3.8) is 0 Å². The number of tetrazole rings is 1. The van der Waals surface area contributed by atoms with Gasteiger partial charge in [-0.1, -0.05) is 48.0 Å². The number of aromatic nitrogens is 4. The zero-order valence-corrected chi connectivity index (χ0v) is 17.8. The summed E-state index contributed by atoms with van der Waals surface area (Å²) < 4.78 is 7.35. The van der Waals surface area contributed by atoms with Crippen LogP contribution in [0.15, 0.2) is 77.4 Å². The average Bonchev–Trinajstić information content (AvgIpc) is 3.48. The van der Waals surface area contributed by atoms with Crippen molar-refractivity contribution < 1.29 is 4.42 Å². The van der Waals surface area contributed by atoms with Gasteiger partial charge in [0.1, 0.15) is 12.3 Å². The van der Waals surface area contributed by atoms with Gasteiger partial charge in [-0.15, -0.1) is 5.10 Å². The van der Waals surface area contributed by atoms with Crippen molar-refractivity contribution in [2.24, 2.45) is 0 Å². The maximum Gasteiger partial charge on any atom is 0.173 e. The fraction of sp³-hybridized carbons (Fsp3) is 0.261. The average molecular weight is 435 g/mol. The smallest absolute Gasteiger partial charge is 0.173 e. The molecule has 1 aliphatic heterocycles. The Kier molecular flexibility index (Phi) is 5.69. The first-order valence-electron chi connectivity index (χ1n) is 10.4. The van der Waals surface area contributed by atoms with Gasteiger partial charge in [0.25, 0.3) is 0 Å². The van der Waals surface area contributed by atoms with Gasteiger partial charge in [-0.25, -0.2) is 4.68 Å². The molecular weight excluding hydrogens is 412 g/mol. The molecule has 1 aliphatic rings. The minimum absolute atomic E-state index is 0.0346. The van der Waals surface area contributed by atoms with Crippen molar-refractivity contribution in [1.82, 2.24) is 25.1 Å². The van der Waals surface area contributed by atoms with E-state index in [1.807, 2.05) is 41.1 Å². The normalized spacial score (nSPS) is 15.8. The van der Waals surface area contributed by atoms with E-state index in [1.54, 1.807) is 6.26 Å². The van der Waals surface area contributed by atoms with Gasteiger partial charge in [0.05, 0.1) is 12.3 Å². The summed E-state index contributed by atoms with van der Waals surface area (Å²) in [6.07, 6.45) is 1.67. The summed E-state index contributed by atoms with van der Waals surface area (Å²) in [7, 11) is 0. The molecule has 1 unspecified atom stereocenters. The lowest BCUT2D eigenvalue weighted by atomic mass is 10.0. The highest BCUT2D eigenvalue weighted by atomic mass is 35.5. The van der Waals surface area contributed by atoms with Crippen LogP contribution in [0.4, 0.5) is 5.69 Å². The lowest BCUT2D eigenvalue weighted by Gasteiger charge is -2.40. The number of hydrogen-bond acceptors (Lipinski definition) is 6. The maximum atomic E-state index is 6.20. The molecule has 7 nitrogen and oxygen atoms in total. The molecule has 31 heavy (non-hydrogen) atoms. The number of benzene rings is 2. The highest BCUT2D eigenvalue weighted by Gasteiger charge is 2.30. The molecule has 158 valence electrons. The SMILES string of the molecule is Clc1cccc(N2CCN(C(c3ccccc3)c3nnnn3Cc3ccco3)CC2)c1. The molecule has 0 bridgehead atoms. The first kappa shape index (κ1) is 19.8. The van der Waals surface area contributed by atoms with Crippen LogP contribution in [0.3, 0.4) is 0 Å². The van der Waals surface area contributed by atoms with Crippen molar-refractivity contribution in [3.8, 4) is 0 Å². The summed E-state index contributed by atoms with van der Waals surface area (Å²) in [6.45, 7) is 4.09. The molecule has 3 heterocycles. The van der Waals surface area contributed by atoms with Crippen LogP contribution in [-0.2, 0) is 6.54 Å². The van der Waals surface area contributed by atoms with Crippen LogP contribution in [0.25, 0.3) is 0 Å². The second kappa shape index (κ2) is 8.91. The summed E-state index contributed by atoms with van der Waals surface area (Å²) >= 11 is 6.20.